The molecule has 1 saturated carbocycles. The lowest BCUT2D eigenvalue weighted by atomic mass is 9.82. The summed E-state index contributed by atoms with van der Waals surface area (Å²) in [5, 5.41) is 10.0. The summed E-state index contributed by atoms with van der Waals surface area (Å²) in [7, 11) is 1.46. The SMILES string of the molecule is CCOC(=O)c1ccc(CC(=O)C(CCOC2(C)CCC2)n2cc(OC)c(-c3cc(Cl)ccc3C#N)cc2=O)cc1. The Bertz CT molecular complexity index is 1520. The van der Waals surface area contributed by atoms with Crippen molar-refractivity contribution in [2.75, 3.05) is 20.3 Å². The van der Waals surface area contributed by atoms with Crippen molar-refractivity contribution in [1.29, 1.82) is 5.26 Å². The number of ether oxygens (including phenoxy) is 3. The zero-order valence-corrected chi connectivity index (χ0v) is 24.2. The van der Waals surface area contributed by atoms with Crippen LogP contribution in [0.4, 0.5) is 0 Å². The molecule has 2 aromatic carbocycles. The third kappa shape index (κ3) is 7.05. The summed E-state index contributed by atoms with van der Waals surface area (Å²) in [4.78, 5) is 39.2. The van der Waals surface area contributed by atoms with Gasteiger partial charge in [0.1, 0.15) is 5.75 Å². The first-order chi connectivity index (χ1) is 19.7. The Hall–Kier alpha value is -3.93. The van der Waals surface area contributed by atoms with Crippen LogP contribution in [0.3, 0.4) is 0 Å². The first-order valence-corrected chi connectivity index (χ1v) is 14.0. The standard InChI is InChI=1S/C32H33ClN2O6/c1-4-40-31(38)22-8-6-21(7-9-22)16-28(36)27(12-15-41-32(2)13-5-14-32)35-20-29(39-3)26(18-30(35)37)25-17-24(33)11-10-23(25)19-34/h6-11,17-18,20,27H,4-5,12-16H2,1-3H3. The van der Waals surface area contributed by atoms with E-state index in [2.05, 4.69) is 13.0 Å². The van der Waals surface area contributed by atoms with Crippen LogP contribution in [-0.4, -0.2) is 42.2 Å². The summed E-state index contributed by atoms with van der Waals surface area (Å²) < 4.78 is 18.1. The molecule has 4 rings (SSSR count). The molecular formula is C32H33ClN2O6. The molecule has 0 amide bonds. The molecule has 0 aliphatic heterocycles. The molecule has 1 heterocycles. The van der Waals surface area contributed by atoms with Gasteiger partial charge in [-0.05, 0) is 75.4 Å². The fraction of sp³-hybridized carbons (Fsp3) is 0.375. The highest BCUT2D eigenvalue weighted by atomic mass is 35.5. The Morgan fingerprint density at radius 2 is 1.85 bits per heavy atom. The van der Waals surface area contributed by atoms with Crippen LogP contribution in [-0.2, 0) is 20.7 Å². The van der Waals surface area contributed by atoms with E-state index in [9.17, 15) is 19.6 Å². The number of methoxy groups -OCH3 is 1. The number of carbonyl (C=O) groups excluding carboxylic acids is 2. The van der Waals surface area contributed by atoms with Gasteiger partial charge in [-0.2, -0.15) is 5.26 Å². The maximum absolute atomic E-state index is 13.7. The van der Waals surface area contributed by atoms with E-state index >= 15 is 0 Å². The lowest BCUT2D eigenvalue weighted by Crippen LogP contribution is -2.38. The predicted molar refractivity (Wildman–Crippen MR) is 155 cm³/mol. The van der Waals surface area contributed by atoms with Gasteiger partial charge >= 0.3 is 5.97 Å². The van der Waals surface area contributed by atoms with E-state index in [0.717, 1.165) is 19.3 Å². The largest absolute Gasteiger partial charge is 0.495 e. The molecule has 214 valence electrons. The van der Waals surface area contributed by atoms with Crippen LogP contribution in [0, 0.1) is 11.3 Å². The number of ketones is 1. The molecule has 3 aromatic rings. The topological polar surface area (TPSA) is 108 Å². The van der Waals surface area contributed by atoms with Gasteiger partial charge in [0.15, 0.2) is 5.78 Å². The van der Waals surface area contributed by atoms with Gasteiger partial charge in [-0.15, -0.1) is 0 Å². The molecule has 0 N–H and O–H groups in total. The molecule has 1 fully saturated rings. The minimum absolute atomic E-state index is 0.0500. The van der Waals surface area contributed by atoms with Crippen molar-refractivity contribution in [3.8, 4) is 22.9 Å². The van der Waals surface area contributed by atoms with E-state index < -0.39 is 17.6 Å². The van der Waals surface area contributed by atoms with Gasteiger partial charge in [0.05, 0.1) is 48.8 Å². The summed E-state index contributed by atoms with van der Waals surface area (Å²) in [6, 6.07) is 14.1. The van der Waals surface area contributed by atoms with Gasteiger partial charge in [-0.25, -0.2) is 4.79 Å². The Balaban J connectivity index is 1.66. The smallest absolute Gasteiger partial charge is 0.338 e. The monoisotopic (exact) mass is 576 g/mol. The number of nitriles is 1. The molecule has 0 radical (unpaired) electrons. The van der Waals surface area contributed by atoms with Gasteiger partial charge < -0.3 is 18.8 Å². The zero-order chi connectivity index (χ0) is 29.6. The second kappa shape index (κ2) is 13.2. The lowest BCUT2D eigenvalue weighted by molar-refractivity contribution is -0.124. The van der Waals surface area contributed by atoms with Crippen molar-refractivity contribution >= 4 is 23.4 Å². The number of pyridine rings is 1. The van der Waals surface area contributed by atoms with Gasteiger partial charge in [-0.1, -0.05) is 23.7 Å². The summed E-state index contributed by atoms with van der Waals surface area (Å²) in [6.45, 7) is 4.37. The molecule has 0 bridgehead atoms. The van der Waals surface area contributed by atoms with Crippen molar-refractivity contribution in [1.82, 2.24) is 4.57 Å². The third-order valence-electron chi connectivity index (χ3n) is 7.46. The molecule has 0 saturated heterocycles. The Morgan fingerprint density at radius 3 is 2.46 bits per heavy atom. The fourth-order valence-electron chi connectivity index (χ4n) is 4.97. The van der Waals surface area contributed by atoms with Crippen LogP contribution >= 0.6 is 11.6 Å². The first kappa shape index (κ1) is 30.0. The second-order valence-corrected chi connectivity index (χ2v) is 10.8. The Kier molecular flexibility index (Phi) is 9.64. The minimum Gasteiger partial charge on any atom is -0.495 e. The zero-order valence-electron chi connectivity index (χ0n) is 23.4. The van der Waals surface area contributed by atoms with Crippen molar-refractivity contribution in [3.63, 3.8) is 0 Å². The van der Waals surface area contributed by atoms with Crippen molar-refractivity contribution < 1.29 is 23.8 Å². The molecule has 1 aliphatic carbocycles. The maximum Gasteiger partial charge on any atom is 0.338 e. The second-order valence-electron chi connectivity index (χ2n) is 10.3. The Labute approximate surface area is 244 Å². The summed E-state index contributed by atoms with van der Waals surface area (Å²) in [6.07, 6.45) is 4.88. The van der Waals surface area contributed by atoms with Crippen molar-refractivity contribution in [2.45, 2.75) is 57.6 Å². The van der Waals surface area contributed by atoms with Crippen LogP contribution in [0.5, 0.6) is 5.75 Å². The molecule has 1 aromatic heterocycles. The fourth-order valence-corrected chi connectivity index (χ4v) is 5.14. The van der Waals surface area contributed by atoms with Crippen LogP contribution in [0.15, 0.2) is 59.5 Å². The predicted octanol–water partition coefficient (Wildman–Crippen LogP) is 5.93. The number of rotatable bonds is 12. The lowest BCUT2D eigenvalue weighted by Gasteiger charge is -2.38. The van der Waals surface area contributed by atoms with Gasteiger partial charge in [0, 0.05) is 35.2 Å². The number of hydrogen-bond donors (Lipinski definition) is 0. The number of halogens is 1. The molecule has 41 heavy (non-hydrogen) atoms. The average molecular weight is 577 g/mol. The Morgan fingerprint density at radius 1 is 1.12 bits per heavy atom. The van der Waals surface area contributed by atoms with Crippen LogP contribution < -0.4 is 10.3 Å². The van der Waals surface area contributed by atoms with Crippen LogP contribution in [0.1, 0.15) is 67.1 Å². The molecule has 9 heteroatoms. The van der Waals surface area contributed by atoms with Gasteiger partial charge in [-0.3, -0.25) is 9.59 Å². The molecular weight excluding hydrogens is 544 g/mol. The number of carbonyl (C=O) groups is 2. The third-order valence-corrected chi connectivity index (χ3v) is 7.70. The number of hydrogen-bond acceptors (Lipinski definition) is 7. The summed E-state index contributed by atoms with van der Waals surface area (Å²) >= 11 is 6.19. The normalized spacial score (nSPS) is 14.4. The number of benzene rings is 2. The highest BCUT2D eigenvalue weighted by Gasteiger charge is 2.33. The molecule has 1 aliphatic rings. The van der Waals surface area contributed by atoms with Crippen LogP contribution in [0.2, 0.25) is 5.02 Å². The number of Topliss-reactive ketones (excluding diaryl/α,β-unsaturated/α-hetero) is 1. The van der Waals surface area contributed by atoms with Crippen molar-refractivity contribution in [2.24, 2.45) is 0 Å². The first-order valence-electron chi connectivity index (χ1n) is 13.6. The van der Waals surface area contributed by atoms with E-state index in [0.29, 0.717) is 51.6 Å². The molecule has 0 spiro atoms. The average Bonchev–Trinajstić information content (AvgIpc) is 2.95. The molecule has 1 unspecified atom stereocenters. The number of esters is 1. The van der Waals surface area contributed by atoms with E-state index in [-0.39, 0.29) is 24.4 Å². The van der Waals surface area contributed by atoms with Gasteiger partial charge in [0.2, 0.25) is 0 Å². The minimum atomic E-state index is -0.825. The molecule has 1 atom stereocenters. The van der Waals surface area contributed by atoms with Crippen LogP contribution in [0.25, 0.3) is 11.1 Å². The number of aromatic nitrogens is 1. The van der Waals surface area contributed by atoms with Crippen molar-refractivity contribution in [3.05, 3.63) is 86.8 Å². The van der Waals surface area contributed by atoms with E-state index in [4.69, 9.17) is 25.8 Å². The number of nitrogens with zero attached hydrogens (tertiary/aromatic N) is 2. The quantitative estimate of drug-likeness (QED) is 0.246. The van der Waals surface area contributed by atoms with E-state index in [1.165, 1.54) is 23.9 Å². The highest BCUT2D eigenvalue weighted by Crippen LogP contribution is 2.36. The van der Waals surface area contributed by atoms with E-state index in [1.807, 2.05) is 0 Å². The van der Waals surface area contributed by atoms with E-state index in [1.54, 1.807) is 49.4 Å². The van der Waals surface area contributed by atoms with Gasteiger partial charge in [0.25, 0.3) is 5.56 Å². The summed E-state index contributed by atoms with van der Waals surface area (Å²) in [5.74, 6) is -0.289. The maximum atomic E-state index is 13.7. The summed E-state index contributed by atoms with van der Waals surface area (Å²) in [5.41, 5.74) is 1.69. The highest BCUT2D eigenvalue weighted by molar-refractivity contribution is 6.31. The molecule has 8 nitrogen and oxygen atoms in total.